The maximum absolute atomic E-state index is 11.8. The summed E-state index contributed by atoms with van der Waals surface area (Å²) in [6, 6.07) is 0.609. The number of carbonyl (C=O) groups is 1. The van der Waals surface area contributed by atoms with Crippen molar-refractivity contribution in [2.75, 3.05) is 26.7 Å². The van der Waals surface area contributed by atoms with E-state index in [-0.39, 0.29) is 10.7 Å². The van der Waals surface area contributed by atoms with Crippen LogP contribution >= 0.6 is 15.9 Å². The Balaban J connectivity index is 2.33. The molecular weight excluding hydrogens is 280 g/mol. The molecule has 0 aromatic heterocycles. The zero-order valence-corrected chi connectivity index (χ0v) is 13.0. The van der Waals surface area contributed by atoms with Crippen molar-refractivity contribution in [2.45, 2.75) is 44.5 Å². The second-order valence-electron chi connectivity index (χ2n) is 5.42. The minimum atomic E-state index is -0.0441. The molecule has 4 heteroatoms. The molecule has 1 fully saturated rings. The minimum absolute atomic E-state index is 0.0441. The second kappa shape index (κ2) is 6.74. The molecule has 0 aromatic rings. The van der Waals surface area contributed by atoms with Gasteiger partial charge in [-0.25, -0.2) is 0 Å². The predicted octanol–water partition coefficient (Wildman–Crippen LogP) is 2.35. The van der Waals surface area contributed by atoms with Gasteiger partial charge in [0.2, 0.25) is 5.91 Å². The molecule has 1 unspecified atom stereocenters. The van der Waals surface area contributed by atoms with Gasteiger partial charge >= 0.3 is 0 Å². The number of amides is 1. The molecule has 0 N–H and O–H groups in total. The van der Waals surface area contributed by atoms with Crippen LogP contribution in [0.3, 0.4) is 0 Å². The summed E-state index contributed by atoms with van der Waals surface area (Å²) >= 11 is 3.35. The van der Waals surface area contributed by atoms with Crippen LogP contribution in [0.2, 0.25) is 0 Å². The highest BCUT2D eigenvalue weighted by Crippen LogP contribution is 2.20. The molecular formula is C13H25BrN2O. The number of halogens is 1. The highest BCUT2D eigenvalue weighted by molar-refractivity contribution is 9.10. The topological polar surface area (TPSA) is 23.6 Å². The molecule has 1 rings (SSSR count). The molecule has 1 amide bonds. The molecule has 1 heterocycles. The van der Waals surface area contributed by atoms with E-state index in [0.717, 1.165) is 38.4 Å². The quantitative estimate of drug-likeness (QED) is 0.744. The minimum Gasteiger partial charge on any atom is -0.342 e. The van der Waals surface area contributed by atoms with Crippen molar-refractivity contribution in [3.8, 4) is 0 Å². The highest BCUT2D eigenvalue weighted by Gasteiger charge is 2.25. The largest absolute Gasteiger partial charge is 0.342 e. The van der Waals surface area contributed by atoms with Crippen LogP contribution < -0.4 is 0 Å². The summed E-state index contributed by atoms with van der Waals surface area (Å²) in [5, 5.41) is 0. The van der Waals surface area contributed by atoms with Crippen molar-refractivity contribution >= 4 is 21.8 Å². The van der Waals surface area contributed by atoms with Gasteiger partial charge in [-0.1, -0.05) is 15.9 Å². The van der Waals surface area contributed by atoms with Crippen LogP contribution in [-0.4, -0.2) is 53.3 Å². The van der Waals surface area contributed by atoms with E-state index in [2.05, 4.69) is 41.7 Å². The van der Waals surface area contributed by atoms with Gasteiger partial charge in [0.25, 0.3) is 0 Å². The Morgan fingerprint density at radius 3 is 2.29 bits per heavy atom. The van der Waals surface area contributed by atoms with E-state index >= 15 is 0 Å². The second-order valence-corrected chi connectivity index (χ2v) is 6.79. The Morgan fingerprint density at radius 2 is 1.88 bits per heavy atom. The predicted molar refractivity (Wildman–Crippen MR) is 75.5 cm³/mol. The molecule has 0 bridgehead atoms. The third-order valence-electron chi connectivity index (χ3n) is 3.69. The van der Waals surface area contributed by atoms with Crippen LogP contribution in [0.4, 0.5) is 0 Å². The number of rotatable bonds is 4. The van der Waals surface area contributed by atoms with E-state index in [1.54, 1.807) is 0 Å². The lowest BCUT2D eigenvalue weighted by Gasteiger charge is -2.35. The summed E-state index contributed by atoms with van der Waals surface area (Å²) in [4.78, 5) is 16.1. The van der Waals surface area contributed by atoms with Gasteiger partial charge in [0.05, 0.1) is 4.83 Å². The number of piperidine rings is 1. The highest BCUT2D eigenvalue weighted by atomic mass is 79.9. The number of hydrogen-bond acceptors (Lipinski definition) is 2. The fourth-order valence-electron chi connectivity index (χ4n) is 2.21. The van der Waals surface area contributed by atoms with Gasteiger partial charge in [-0.2, -0.15) is 0 Å². The zero-order chi connectivity index (χ0) is 13.0. The van der Waals surface area contributed by atoms with Gasteiger partial charge in [0, 0.05) is 25.7 Å². The van der Waals surface area contributed by atoms with Gasteiger partial charge in [0.15, 0.2) is 0 Å². The van der Waals surface area contributed by atoms with Crippen LogP contribution in [0.1, 0.15) is 33.6 Å². The lowest BCUT2D eigenvalue weighted by atomic mass is 9.95. The maximum atomic E-state index is 11.8. The molecule has 1 aliphatic heterocycles. The number of nitrogens with zero attached hydrogens (tertiary/aromatic N) is 2. The Hall–Kier alpha value is -0.0900. The molecule has 1 saturated heterocycles. The Kier molecular flexibility index (Phi) is 5.93. The Labute approximate surface area is 114 Å². The fourth-order valence-corrected chi connectivity index (χ4v) is 2.50. The molecule has 1 atom stereocenters. The van der Waals surface area contributed by atoms with E-state index in [1.807, 2.05) is 11.8 Å². The van der Waals surface area contributed by atoms with Crippen LogP contribution in [0.25, 0.3) is 0 Å². The molecule has 100 valence electrons. The lowest BCUT2D eigenvalue weighted by Crippen LogP contribution is -2.44. The van der Waals surface area contributed by atoms with Crippen molar-refractivity contribution < 1.29 is 4.79 Å². The summed E-state index contributed by atoms with van der Waals surface area (Å²) in [5.74, 6) is 0.984. The average molecular weight is 305 g/mol. The first-order valence-corrected chi connectivity index (χ1v) is 7.46. The van der Waals surface area contributed by atoms with Crippen molar-refractivity contribution in [1.29, 1.82) is 0 Å². The van der Waals surface area contributed by atoms with Crippen molar-refractivity contribution in [3.05, 3.63) is 0 Å². The first-order chi connectivity index (χ1) is 7.91. The van der Waals surface area contributed by atoms with Crippen molar-refractivity contribution in [2.24, 2.45) is 5.92 Å². The first-order valence-electron chi connectivity index (χ1n) is 6.55. The molecule has 0 radical (unpaired) electrons. The van der Waals surface area contributed by atoms with Gasteiger partial charge in [-0.15, -0.1) is 0 Å². The third-order valence-corrected chi connectivity index (χ3v) is 4.09. The van der Waals surface area contributed by atoms with Crippen LogP contribution in [-0.2, 0) is 4.79 Å². The molecule has 0 aromatic carbocycles. The summed E-state index contributed by atoms with van der Waals surface area (Å²) in [6.07, 6.45) is 2.28. The molecule has 0 aliphatic carbocycles. The summed E-state index contributed by atoms with van der Waals surface area (Å²) < 4.78 is 0. The van der Waals surface area contributed by atoms with E-state index in [9.17, 15) is 4.79 Å². The lowest BCUT2D eigenvalue weighted by molar-refractivity contribution is -0.131. The number of hydrogen-bond donors (Lipinski definition) is 0. The van der Waals surface area contributed by atoms with Crippen molar-refractivity contribution in [3.63, 3.8) is 0 Å². The number of carbonyl (C=O) groups excluding carboxylic acids is 1. The van der Waals surface area contributed by atoms with E-state index in [1.165, 1.54) is 0 Å². The molecule has 3 nitrogen and oxygen atoms in total. The van der Waals surface area contributed by atoms with E-state index in [0.29, 0.717) is 6.04 Å². The normalized spacial score (nSPS) is 20.1. The molecule has 1 aliphatic rings. The Morgan fingerprint density at radius 1 is 1.35 bits per heavy atom. The monoisotopic (exact) mass is 304 g/mol. The van der Waals surface area contributed by atoms with Gasteiger partial charge in [-0.3, -0.25) is 4.79 Å². The number of likely N-dealkylation sites (tertiary alicyclic amines) is 1. The average Bonchev–Trinajstić information content (AvgIpc) is 2.28. The SMILES string of the molecule is CC(Br)C(=O)N1CCC(CN(C)C(C)C)CC1. The van der Waals surface area contributed by atoms with Gasteiger partial charge in [0.1, 0.15) is 0 Å². The summed E-state index contributed by atoms with van der Waals surface area (Å²) in [7, 11) is 2.18. The smallest absolute Gasteiger partial charge is 0.236 e. The van der Waals surface area contributed by atoms with Gasteiger partial charge < -0.3 is 9.80 Å². The molecule has 0 saturated carbocycles. The molecule has 17 heavy (non-hydrogen) atoms. The van der Waals surface area contributed by atoms with Crippen molar-refractivity contribution in [1.82, 2.24) is 9.80 Å². The standard InChI is InChI=1S/C13H25BrN2O/c1-10(2)15(4)9-12-5-7-16(8-6-12)13(17)11(3)14/h10-12H,5-9H2,1-4H3. The molecule has 0 spiro atoms. The van der Waals surface area contributed by atoms with Crippen LogP contribution in [0.15, 0.2) is 0 Å². The summed E-state index contributed by atoms with van der Waals surface area (Å²) in [6.45, 7) is 9.36. The van der Waals surface area contributed by atoms with E-state index in [4.69, 9.17) is 0 Å². The summed E-state index contributed by atoms with van der Waals surface area (Å²) in [5.41, 5.74) is 0. The van der Waals surface area contributed by atoms with Gasteiger partial charge in [-0.05, 0) is 46.6 Å². The first kappa shape index (κ1) is 15.0. The van der Waals surface area contributed by atoms with E-state index < -0.39 is 0 Å². The Bertz CT molecular complexity index is 248. The fraction of sp³-hybridized carbons (Fsp3) is 0.923. The number of alkyl halides is 1. The maximum Gasteiger partial charge on any atom is 0.236 e. The van der Waals surface area contributed by atoms with Crippen LogP contribution in [0.5, 0.6) is 0 Å². The van der Waals surface area contributed by atoms with Crippen LogP contribution in [0, 0.1) is 5.92 Å². The third kappa shape index (κ3) is 4.59. The zero-order valence-electron chi connectivity index (χ0n) is 11.4.